The molecule has 142 valence electrons. The van der Waals surface area contributed by atoms with E-state index in [1.54, 1.807) is 18.5 Å². The van der Waals surface area contributed by atoms with Crippen LogP contribution in [0.2, 0.25) is 0 Å². The number of terminal acetylenes is 1. The van der Waals surface area contributed by atoms with Crippen LogP contribution >= 0.6 is 11.8 Å². The number of fused-ring (bicyclic) bond motifs is 1. The molecule has 1 aromatic carbocycles. The lowest BCUT2D eigenvalue weighted by Crippen LogP contribution is -2.48. The molecule has 1 heterocycles. The Bertz CT molecular complexity index is 874. The molecule has 1 unspecified atom stereocenters. The number of carbonyl (C=O) groups excluding carboxylic acids is 1. The van der Waals surface area contributed by atoms with Crippen molar-refractivity contribution in [1.29, 1.82) is 0 Å². The van der Waals surface area contributed by atoms with Gasteiger partial charge in [0, 0.05) is 35.3 Å². The lowest BCUT2D eigenvalue weighted by atomic mass is 10.0. The second-order valence-corrected chi connectivity index (χ2v) is 7.36. The number of hydrogen-bond acceptors (Lipinski definition) is 6. The molecule has 0 radical (unpaired) electrons. The molecule has 7 heteroatoms. The number of thioether (sulfide) groups is 1. The highest BCUT2D eigenvalue weighted by Crippen LogP contribution is 2.23. The number of hydrogen-bond donors (Lipinski definition) is 1. The van der Waals surface area contributed by atoms with Crippen LogP contribution in [-0.2, 0) is 9.63 Å². The fourth-order valence-corrected chi connectivity index (χ4v) is 2.86. The number of nitrogens with zero attached hydrogens (tertiary/aromatic N) is 2. The average molecular weight is 385 g/mol. The van der Waals surface area contributed by atoms with E-state index >= 15 is 0 Å². The van der Waals surface area contributed by atoms with Gasteiger partial charge in [-0.15, -0.1) is 18.2 Å². The average Bonchev–Trinajstić information content (AvgIpc) is 2.65. The van der Waals surface area contributed by atoms with E-state index in [4.69, 9.17) is 11.2 Å². The summed E-state index contributed by atoms with van der Waals surface area (Å²) in [6.07, 6.45) is 11.1. The molecule has 1 amide bonds. The highest BCUT2D eigenvalue weighted by molar-refractivity contribution is 7.99. The Kier molecular flexibility index (Phi) is 7.08. The first kappa shape index (κ1) is 20.6. The van der Waals surface area contributed by atoms with Gasteiger partial charge in [-0.05, 0) is 44.4 Å². The minimum Gasteiger partial charge on any atom is -0.470 e. The minimum atomic E-state index is -0.690. The van der Waals surface area contributed by atoms with E-state index < -0.39 is 11.0 Å². The zero-order chi connectivity index (χ0) is 19.9. The first-order valence-corrected chi connectivity index (χ1v) is 9.60. The Morgan fingerprint density at radius 2 is 2.26 bits per heavy atom. The van der Waals surface area contributed by atoms with E-state index in [0.29, 0.717) is 17.7 Å². The van der Waals surface area contributed by atoms with Gasteiger partial charge >= 0.3 is 0 Å². The molecule has 1 aromatic heterocycles. The van der Waals surface area contributed by atoms with Crippen molar-refractivity contribution in [2.45, 2.75) is 31.2 Å². The number of aromatic nitrogens is 1. The van der Waals surface area contributed by atoms with E-state index in [1.807, 2.05) is 38.3 Å². The molecule has 0 saturated heterocycles. The standard InChI is InChI=1S/C20H23N3O3S/c1-6-14-11-15-12-16(7-8-17(15)21-13-14)26-19(27-5)18(24)23-20(2,3)9-10-22-25-4/h1,7-8,10-13,19H,9H2,2-5H3,(H,23,24). The van der Waals surface area contributed by atoms with Crippen LogP contribution < -0.4 is 10.1 Å². The van der Waals surface area contributed by atoms with Gasteiger partial charge in [0.15, 0.2) is 0 Å². The third-order valence-electron chi connectivity index (χ3n) is 3.73. The summed E-state index contributed by atoms with van der Waals surface area (Å²) in [5.41, 5.74) is 0.332. The van der Waals surface area contributed by atoms with Crippen molar-refractivity contribution in [2.75, 3.05) is 13.4 Å². The molecular weight excluding hydrogens is 362 g/mol. The number of ether oxygens (including phenoxy) is 1. The number of pyridine rings is 1. The molecule has 0 bridgehead atoms. The van der Waals surface area contributed by atoms with Crippen molar-refractivity contribution >= 4 is 34.8 Å². The Hall–Kier alpha value is -2.72. The van der Waals surface area contributed by atoms with Crippen molar-refractivity contribution < 1.29 is 14.4 Å². The maximum Gasteiger partial charge on any atom is 0.272 e. The molecule has 27 heavy (non-hydrogen) atoms. The van der Waals surface area contributed by atoms with Crippen LogP contribution in [0.25, 0.3) is 10.9 Å². The number of oxime groups is 1. The maximum absolute atomic E-state index is 12.6. The van der Waals surface area contributed by atoms with Crippen LogP contribution in [0.3, 0.4) is 0 Å². The van der Waals surface area contributed by atoms with Gasteiger partial charge in [0.05, 0.1) is 5.52 Å². The third kappa shape index (κ3) is 5.90. The lowest BCUT2D eigenvalue weighted by Gasteiger charge is -2.27. The summed E-state index contributed by atoms with van der Waals surface area (Å²) in [6, 6.07) is 7.32. The fourth-order valence-electron chi connectivity index (χ4n) is 2.38. The molecule has 0 spiro atoms. The van der Waals surface area contributed by atoms with Gasteiger partial charge in [0.1, 0.15) is 12.9 Å². The number of nitrogens with one attached hydrogen (secondary N) is 1. The van der Waals surface area contributed by atoms with Crippen LogP contribution in [0.15, 0.2) is 35.6 Å². The first-order chi connectivity index (χ1) is 12.9. The molecule has 0 aliphatic carbocycles. The first-order valence-electron chi connectivity index (χ1n) is 8.31. The normalized spacial score (nSPS) is 12.6. The fraction of sp³-hybridized carbons (Fsp3) is 0.350. The van der Waals surface area contributed by atoms with Gasteiger partial charge in [0.25, 0.3) is 5.91 Å². The predicted molar refractivity (Wildman–Crippen MR) is 110 cm³/mol. The number of rotatable bonds is 8. The highest BCUT2D eigenvalue weighted by Gasteiger charge is 2.26. The molecular formula is C20H23N3O3S. The van der Waals surface area contributed by atoms with Crippen molar-refractivity contribution in [3.05, 3.63) is 36.0 Å². The van der Waals surface area contributed by atoms with E-state index in [2.05, 4.69) is 26.2 Å². The number of amides is 1. The van der Waals surface area contributed by atoms with Crippen LogP contribution in [0.1, 0.15) is 25.8 Å². The highest BCUT2D eigenvalue weighted by atomic mass is 32.2. The van der Waals surface area contributed by atoms with E-state index in [-0.39, 0.29) is 5.91 Å². The van der Waals surface area contributed by atoms with Crippen LogP contribution in [0.5, 0.6) is 5.75 Å². The molecule has 0 fully saturated rings. The quantitative estimate of drug-likeness (QED) is 0.327. The molecule has 0 saturated carbocycles. The number of carbonyl (C=O) groups is 1. The Labute approximate surface area is 163 Å². The second kappa shape index (κ2) is 9.28. The van der Waals surface area contributed by atoms with Gasteiger partial charge in [-0.1, -0.05) is 11.1 Å². The van der Waals surface area contributed by atoms with E-state index in [9.17, 15) is 4.79 Å². The summed E-state index contributed by atoms with van der Waals surface area (Å²) >= 11 is 1.31. The summed E-state index contributed by atoms with van der Waals surface area (Å²) < 4.78 is 5.89. The predicted octanol–water partition coefficient (Wildman–Crippen LogP) is 3.20. The molecule has 0 aliphatic heterocycles. The summed E-state index contributed by atoms with van der Waals surface area (Å²) in [5, 5.41) is 7.54. The van der Waals surface area contributed by atoms with Gasteiger partial charge in [-0.3, -0.25) is 9.78 Å². The Balaban J connectivity index is 2.11. The van der Waals surface area contributed by atoms with Crippen LogP contribution in [0.4, 0.5) is 0 Å². The van der Waals surface area contributed by atoms with Crippen LogP contribution in [0, 0.1) is 12.3 Å². The largest absolute Gasteiger partial charge is 0.470 e. The molecule has 1 atom stereocenters. The van der Waals surface area contributed by atoms with Gasteiger partial charge in [-0.2, -0.15) is 0 Å². The van der Waals surface area contributed by atoms with Crippen molar-refractivity contribution in [3.63, 3.8) is 0 Å². The molecule has 1 N–H and O–H groups in total. The van der Waals surface area contributed by atoms with Gasteiger partial charge in [0.2, 0.25) is 5.44 Å². The molecule has 0 aliphatic rings. The zero-order valence-corrected chi connectivity index (χ0v) is 16.7. The molecule has 2 aromatic rings. The molecule has 6 nitrogen and oxygen atoms in total. The SMILES string of the molecule is C#Cc1cnc2ccc(OC(SC)C(=O)NC(C)(C)CC=NOC)cc2c1. The lowest BCUT2D eigenvalue weighted by molar-refractivity contribution is -0.126. The second-order valence-electron chi connectivity index (χ2n) is 6.46. The van der Waals surface area contributed by atoms with Crippen molar-refractivity contribution in [3.8, 4) is 18.1 Å². The maximum atomic E-state index is 12.6. The minimum absolute atomic E-state index is 0.214. The summed E-state index contributed by atoms with van der Waals surface area (Å²) in [6.45, 7) is 3.82. The summed E-state index contributed by atoms with van der Waals surface area (Å²) in [5.74, 6) is 2.93. The van der Waals surface area contributed by atoms with Crippen molar-refractivity contribution in [1.82, 2.24) is 10.3 Å². The topological polar surface area (TPSA) is 72.8 Å². The van der Waals surface area contributed by atoms with Crippen molar-refractivity contribution in [2.24, 2.45) is 5.16 Å². The Morgan fingerprint density at radius 3 is 2.93 bits per heavy atom. The van der Waals surface area contributed by atoms with E-state index in [0.717, 1.165) is 10.9 Å². The van der Waals surface area contributed by atoms with Crippen LogP contribution in [-0.4, -0.2) is 41.4 Å². The molecule has 2 rings (SSSR count). The van der Waals surface area contributed by atoms with Gasteiger partial charge in [-0.25, -0.2) is 0 Å². The zero-order valence-electron chi connectivity index (χ0n) is 15.9. The number of benzene rings is 1. The summed E-state index contributed by atoms with van der Waals surface area (Å²) in [4.78, 5) is 21.6. The smallest absolute Gasteiger partial charge is 0.272 e. The van der Waals surface area contributed by atoms with Gasteiger partial charge < -0.3 is 14.9 Å². The summed E-state index contributed by atoms with van der Waals surface area (Å²) in [7, 11) is 1.48. The monoisotopic (exact) mass is 385 g/mol. The third-order valence-corrected chi connectivity index (χ3v) is 4.47. The van der Waals surface area contributed by atoms with E-state index in [1.165, 1.54) is 18.9 Å². The Morgan fingerprint density at radius 1 is 1.48 bits per heavy atom.